The first-order valence-electron chi connectivity index (χ1n) is 6.48. The van der Waals surface area contributed by atoms with Gasteiger partial charge in [-0.2, -0.15) is 0 Å². The first-order chi connectivity index (χ1) is 9.56. The van der Waals surface area contributed by atoms with E-state index in [1.807, 2.05) is 31.2 Å². The Balaban J connectivity index is 1.93. The van der Waals surface area contributed by atoms with Crippen LogP contribution in [0.4, 0.5) is 4.39 Å². The molecule has 4 heteroatoms. The summed E-state index contributed by atoms with van der Waals surface area (Å²) in [5.41, 5.74) is 1.85. The summed E-state index contributed by atoms with van der Waals surface area (Å²) >= 11 is 3.39. The highest BCUT2D eigenvalue weighted by atomic mass is 79.9. The third-order valence-corrected chi connectivity index (χ3v) is 3.71. The van der Waals surface area contributed by atoms with Gasteiger partial charge in [-0.1, -0.05) is 40.2 Å². The third-order valence-electron chi connectivity index (χ3n) is 3.22. The number of hydrogen-bond donors (Lipinski definition) is 2. The van der Waals surface area contributed by atoms with Crippen molar-refractivity contribution in [2.24, 2.45) is 0 Å². The second-order valence-electron chi connectivity index (χ2n) is 4.75. The van der Waals surface area contributed by atoms with E-state index >= 15 is 0 Å². The van der Waals surface area contributed by atoms with Gasteiger partial charge in [-0.25, -0.2) is 4.39 Å². The van der Waals surface area contributed by atoms with E-state index in [1.54, 1.807) is 12.1 Å². The Labute approximate surface area is 126 Å². The number of benzene rings is 2. The van der Waals surface area contributed by atoms with Crippen LogP contribution >= 0.6 is 15.9 Å². The van der Waals surface area contributed by atoms with Crippen molar-refractivity contribution in [2.45, 2.75) is 19.1 Å². The lowest BCUT2D eigenvalue weighted by atomic mass is 10.1. The van der Waals surface area contributed by atoms with Crippen molar-refractivity contribution in [1.29, 1.82) is 0 Å². The normalized spacial score (nSPS) is 14.0. The van der Waals surface area contributed by atoms with Crippen molar-refractivity contribution >= 4 is 15.9 Å². The van der Waals surface area contributed by atoms with E-state index in [0.29, 0.717) is 6.54 Å². The van der Waals surface area contributed by atoms with Gasteiger partial charge in [0.2, 0.25) is 0 Å². The maximum Gasteiger partial charge on any atom is 0.123 e. The largest absolute Gasteiger partial charge is 0.387 e. The maximum atomic E-state index is 12.9. The standard InChI is InChI=1S/C16H17BrFNO/c1-11(12-5-7-15(18)8-6-12)19-10-16(20)13-3-2-4-14(17)9-13/h2-9,11,16,19-20H,10H2,1H3. The van der Waals surface area contributed by atoms with Crippen LogP contribution in [0, 0.1) is 5.82 Å². The topological polar surface area (TPSA) is 32.3 Å². The summed E-state index contributed by atoms with van der Waals surface area (Å²) in [7, 11) is 0. The lowest BCUT2D eigenvalue weighted by molar-refractivity contribution is 0.170. The summed E-state index contributed by atoms with van der Waals surface area (Å²) in [6.07, 6.45) is -0.574. The van der Waals surface area contributed by atoms with Gasteiger partial charge in [0, 0.05) is 17.1 Å². The molecule has 2 nitrogen and oxygen atoms in total. The van der Waals surface area contributed by atoms with Crippen molar-refractivity contribution in [3.63, 3.8) is 0 Å². The first kappa shape index (κ1) is 15.2. The molecule has 0 saturated carbocycles. The fourth-order valence-corrected chi connectivity index (χ4v) is 2.41. The van der Waals surface area contributed by atoms with E-state index in [2.05, 4.69) is 21.2 Å². The van der Waals surface area contributed by atoms with E-state index in [0.717, 1.165) is 15.6 Å². The molecule has 0 bridgehead atoms. The predicted molar refractivity (Wildman–Crippen MR) is 81.9 cm³/mol. The summed E-state index contributed by atoms with van der Waals surface area (Å²) in [5.74, 6) is -0.241. The van der Waals surface area contributed by atoms with E-state index in [9.17, 15) is 9.50 Å². The molecule has 2 atom stereocenters. The number of halogens is 2. The van der Waals surface area contributed by atoms with Crippen LogP contribution in [0.1, 0.15) is 30.2 Å². The van der Waals surface area contributed by atoms with Crippen LogP contribution in [0.3, 0.4) is 0 Å². The first-order valence-corrected chi connectivity index (χ1v) is 7.28. The second kappa shape index (κ2) is 6.97. The Morgan fingerprint density at radius 1 is 1.15 bits per heavy atom. The minimum absolute atomic E-state index is 0.0532. The van der Waals surface area contributed by atoms with Crippen LogP contribution in [0.25, 0.3) is 0 Å². The summed E-state index contributed by atoms with van der Waals surface area (Å²) in [4.78, 5) is 0. The monoisotopic (exact) mass is 337 g/mol. The van der Waals surface area contributed by atoms with Gasteiger partial charge < -0.3 is 10.4 Å². The minimum Gasteiger partial charge on any atom is -0.387 e. The molecule has 0 fully saturated rings. The van der Waals surface area contributed by atoms with Gasteiger partial charge in [-0.05, 0) is 42.3 Å². The van der Waals surface area contributed by atoms with Crippen molar-refractivity contribution in [3.8, 4) is 0 Å². The second-order valence-corrected chi connectivity index (χ2v) is 5.67. The third kappa shape index (κ3) is 4.13. The number of aliphatic hydroxyl groups excluding tert-OH is 1. The molecular formula is C16H17BrFNO. The molecule has 20 heavy (non-hydrogen) atoms. The Hall–Kier alpha value is -1.23. The highest BCUT2D eigenvalue weighted by Crippen LogP contribution is 2.19. The van der Waals surface area contributed by atoms with Gasteiger partial charge in [0.05, 0.1) is 6.10 Å². The quantitative estimate of drug-likeness (QED) is 0.865. The average molecular weight is 338 g/mol. The molecule has 2 aromatic rings. The molecule has 0 radical (unpaired) electrons. The average Bonchev–Trinajstić information content (AvgIpc) is 2.45. The number of hydrogen-bond acceptors (Lipinski definition) is 2. The fraction of sp³-hybridized carbons (Fsp3) is 0.250. The van der Waals surface area contributed by atoms with Gasteiger partial charge in [-0.15, -0.1) is 0 Å². The van der Waals surface area contributed by atoms with E-state index < -0.39 is 6.10 Å². The Morgan fingerprint density at radius 3 is 2.50 bits per heavy atom. The SMILES string of the molecule is CC(NCC(O)c1cccc(Br)c1)c1ccc(F)cc1. The molecule has 0 spiro atoms. The Morgan fingerprint density at radius 2 is 1.85 bits per heavy atom. The Bertz CT molecular complexity index is 559. The molecule has 0 saturated heterocycles. The van der Waals surface area contributed by atoms with E-state index in [1.165, 1.54) is 12.1 Å². The summed E-state index contributed by atoms with van der Waals surface area (Å²) in [6, 6.07) is 14.0. The van der Waals surface area contributed by atoms with Gasteiger partial charge in [0.25, 0.3) is 0 Å². The fourth-order valence-electron chi connectivity index (χ4n) is 1.99. The lowest BCUT2D eigenvalue weighted by Crippen LogP contribution is -2.24. The molecule has 0 amide bonds. The predicted octanol–water partition coefficient (Wildman–Crippen LogP) is 3.97. The van der Waals surface area contributed by atoms with Gasteiger partial charge in [0.15, 0.2) is 0 Å². The molecule has 0 aliphatic carbocycles. The zero-order chi connectivity index (χ0) is 14.5. The van der Waals surface area contributed by atoms with Gasteiger partial charge in [-0.3, -0.25) is 0 Å². The van der Waals surface area contributed by atoms with Crippen LogP contribution in [0.5, 0.6) is 0 Å². The number of rotatable bonds is 5. The van der Waals surface area contributed by atoms with Crippen LogP contribution in [-0.4, -0.2) is 11.7 Å². The molecule has 2 aromatic carbocycles. The highest BCUT2D eigenvalue weighted by Gasteiger charge is 2.11. The van der Waals surface area contributed by atoms with Crippen molar-refractivity contribution < 1.29 is 9.50 Å². The van der Waals surface area contributed by atoms with Gasteiger partial charge in [0.1, 0.15) is 5.82 Å². The molecule has 2 rings (SSSR count). The van der Waals surface area contributed by atoms with Crippen molar-refractivity contribution in [3.05, 3.63) is 69.9 Å². The van der Waals surface area contributed by atoms with Crippen LogP contribution in [-0.2, 0) is 0 Å². The summed E-state index contributed by atoms with van der Waals surface area (Å²) in [6.45, 7) is 2.43. The van der Waals surface area contributed by atoms with E-state index in [-0.39, 0.29) is 11.9 Å². The lowest BCUT2D eigenvalue weighted by Gasteiger charge is -2.18. The van der Waals surface area contributed by atoms with Crippen molar-refractivity contribution in [1.82, 2.24) is 5.32 Å². The van der Waals surface area contributed by atoms with Crippen molar-refractivity contribution in [2.75, 3.05) is 6.54 Å². The van der Waals surface area contributed by atoms with E-state index in [4.69, 9.17) is 0 Å². The molecule has 2 unspecified atom stereocenters. The molecule has 0 aliphatic heterocycles. The molecule has 106 valence electrons. The van der Waals surface area contributed by atoms with Gasteiger partial charge >= 0.3 is 0 Å². The van der Waals surface area contributed by atoms with Crippen LogP contribution in [0.15, 0.2) is 53.0 Å². The van der Waals surface area contributed by atoms with Crippen LogP contribution in [0.2, 0.25) is 0 Å². The molecule has 2 N–H and O–H groups in total. The minimum atomic E-state index is -0.574. The molecule has 0 aliphatic rings. The highest BCUT2D eigenvalue weighted by molar-refractivity contribution is 9.10. The Kier molecular flexibility index (Phi) is 5.29. The summed E-state index contributed by atoms with van der Waals surface area (Å²) in [5, 5.41) is 13.4. The smallest absolute Gasteiger partial charge is 0.123 e. The number of aliphatic hydroxyl groups is 1. The van der Waals surface area contributed by atoms with Crippen LogP contribution < -0.4 is 5.32 Å². The molecule has 0 heterocycles. The zero-order valence-electron chi connectivity index (χ0n) is 11.2. The zero-order valence-corrected chi connectivity index (χ0v) is 12.8. The summed E-state index contributed by atoms with van der Waals surface area (Å²) < 4.78 is 13.8. The number of nitrogens with one attached hydrogen (secondary N) is 1. The maximum absolute atomic E-state index is 12.9. The molecular weight excluding hydrogens is 321 g/mol. The molecule has 0 aromatic heterocycles.